The first-order chi connectivity index (χ1) is 14.9. The van der Waals surface area contributed by atoms with Crippen molar-refractivity contribution >= 4 is 55.8 Å². The minimum atomic E-state index is -0.199. The summed E-state index contributed by atoms with van der Waals surface area (Å²) >= 11 is 13.7. The molecule has 0 aliphatic rings. The first-order valence-corrected chi connectivity index (χ1v) is 11.5. The maximum absolute atomic E-state index is 13.5. The quantitative estimate of drug-likeness (QED) is 0.397. The highest BCUT2D eigenvalue weighted by Gasteiger charge is 2.23. The predicted octanol–water partition coefficient (Wildman–Crippen LogP) is 5.61. The number of hydrogen-bond acceptors (Lipinski definition) is 6. The van der Waals surface area contributed by atoms with E-state index in [2.05, 4.69) is 18.7 Å². The van der Waals surface area contributed by atoms with Crippen molar-refractivity contribution in [2.75, 3.05) is 45.3 Å². The standard InChI is InChI=1S/C22H25Cl2N3O3S/c1-5-26(6-2)7-8-27(21(28)14-9-15(23)11-16(24)10-14)22-25-17-12-18(29-3)19(30-4)13-20(17)31-22/h9-13H,5-8H2,1-4H3. The predicted molar refractivity (Wildman–Crippen MR) is 129 cm³/mol. The van der Waals surface area contributed by atoms with E-state index in [9.17, 15) is 4.79 Å². The molecule has 2 aromatic carbocycles. The third kappa shape index (κ3) is 5.41. The zero-order chi connectivity index (χ0) is 22.5. The van der Waals surface area contributed by atoms with Gasteiger partial charge in [0.05, 0.1) is 24.4 Å². The Kier molecular flexibility index (Phi) is 8.00. The van der Waals surface area contributed by atoms with Gasteiger partial charge in [0.15, 0.2) is 16.6 Å². The lowest BCUT2D eigenvalue weighted by atomic mass is 10.2. The minimum Gasteiger partial charge on any atom is -0.493 e. The van der Waals surface area contributed by atoms with Crippen molar-refractivity contribution in [3.8, 4) is 11.5 Å². The molecule has 166 valence electrons. The number of halogens is 2. The van der Waals surface area contributed by atoms with Gasteiger partial charge in [-0.1, -0.05) is 48.4 Å². The van der Waals surface area contributed by atoms with Crippen molar-refractivity contribution in [1.29, 1.82) is 0 Å². The molecule has 0 aliphatic heterocycles. The normalized spacial score (nSPS) is 11.2. The number of amides is 1. The average molecular weight is 482 g/mol. The number of carbonyl (C=O) groups is 1. The fourth-order valence-electron chi connectivity index (χ4n) is 3.26. The van der Waals surface area contributed by atoms with Crippen LogP contribution in [0.5, 0.6) is 11.5 Å². The number of carbonyl (C=O) groups excluding carboxylic acids is 1. The van der Waals surface area contributed by atoms with Crippen LogP contribution in [0.2, 0.25) is 10.0 Å². The zero-order valence-corrected chi connectivity index (χ0v) is 20.3. The molecule has 0 unspecified atom stereocenters. The number of aromatic nitrogens is 1. The fourth-order valence-corrected chi connectivity index (χ4v) is 4.78. The zero-order valence-electron chi connectivity index (χ0n) is 17.9. The highest BCUT2D eigenvalue weighted by atomic mass is 35.5. The Morgan fingerprint density at radius 2 is 1.58 bits per heavy atom. The van der Waals surface area contributed by atoms with E-state index in [4.69, 9.17) is 37.7 Å². The van der Waals surface area contributed by atoms with E-state index < -0.39 is 0 Å². The molecular formula is C22H25Cl2N3O3S. The van der Waals surface area contributed by atoms with Crippen LogP contribution >= 0.6 is 34.5 Å². The lowest BCUT2D eigenvalue weighted by Crippen LogP contribution is -2.38. The summed E-state index contributed by atoms with van der Waals surface area (Å²) < 4.78 is 11.7. The van der Waals surface area contributed by atoms with Crippen molar-refractivity contribution < 1.29 is 14.3 Å². The van der Waals surface area contributed by atoms with Gasteiger partial charge in [-0.2, -0.15) is 0 Å². The molecule has 6 nitrogen and oxygen atoms in total. The topological polar surface area (TPSA) is 54.9 Å². The Morgan fingerprint density at radius 3 is 2.16 bits per heavy atom. The number of likely N-dealkylation sites (N-methyl/N-ethyl adjacent to an activating group) is 1. The van der Waals surface area contributed by atoms with Gasteiger partial charge in [-0.3, -0.25) is 9.69 Å². The number of benzene rings is 2. The molecule has 9 heteroatoms. The Hall–Kier alpha value is -2.06. The lowest BCUT2D eigenvalue weighted by molar-refractivity contribution is 0.0984. The number of methoxy groups -OCH3 is 2. The van der Waals surface area contributed by atoms with E-state index >= 15 is 0 Å². The van der Waals surface area contributed by atoms with Gasteiger partial charge in [-0.15, -0.1) is 0 Å². The highest BCUT2D eigenvalue weighted by molar-refractivity contribution is 7.22. The van der Waals surface area contributed by atoms with Crippen LogP contribution in [0.1, 0.15) is 24.2 Å². The summed E-state index contributed by atoms with van der Waals surface area (Å²) in [7, 11) is 3.17. The lowest BCUT2D eigenvalue weighted by Gasteiger charge is -2.24. The molecule has 0 radical (unpaired) electrons. The molecule has 3 rings (SSSR count). The van der Waals surface area contributed by atoms with Gasteiger partial charge in [0, 0.05) is 40.8 Å². The van der Waals surface area contributed by atoms with E-state index in [0.717, 1.165) is 29.9 Å². The second-order valence-electron chi connectivity index (χ2n) is 6.81. The monoisotopic (exact) mass is 481 g/mol. The van der Waals surface area contributed by atoms with Gasteiger partial charge in [0.2, 0.25) is 0 Å². The molecule has 0 N–H and O–H groups in total. The van der Waals surface area contributed by atoms with Crippen LogP contribution in [0, 0.1) is 0 Å². The minimum absolute atomic E-state index is 0.199. The Labute approximate surface area is 196 Å². The molecular weight excluding hydrogens is 457 g/mol. The molecule has 0 atom stereocenters. The third-order valence-electron chi connectivity index (χ3n) is 5.00. The summed E-state index contributed by atoms with van der Waals surface area (Å²) in [5.74, 6) is 1.01. The first-order valence-electron chi connectivity index (χ1n) is 9.93. The summed E-state index contributed by atoms with van der Waals surface area (Å²) in [6, 6.07) is 8.55. The summed E-state index contributed by atoms with van der Waals surface area (Å²) in [6.07, 6.45) is 0. The number of hydrogen-bond donors (Lipinski definition) is 0. The molecule has 0 fully saturated rings. The number of ether oxygens (including phenoxy) is 2. The first kappa shape index (κ1) is 23.6. The van der Waals surface area contributed by atoms with Gasteiger partial charge in [-0.05, 0) is 31.3 Å². The number of rotatable bonds is 9. The Bertz CT molecular complexity index is 1010. The van der Waals surface area contributed by atoms with Crippen molar-refractivity contribution in [3.63, 3.8) is 0 Å². The van der Waals surface area contributed by atoms with Crippen molar-refractivity contribution in [2.24, 2.45) is 0 Å². The van der Waals surface area contributed by atoms with Gasteiger partial charge >= 0.3 is 0 Å². The van der Waals surface area contributed by atoms with Crippen LogP contribution in [0.4, 0.5) is 5.13 Å². The molecule has 0 saturated heterocycles. The molecule has 1 amide bonds. The molecule has 31 heavy (non-hydrogen) atoms. The summed E-state index contributed by atoms with van der Waals surface area (Å²) in [5.41, 5.74) is 1.16. The summed E-state index contributed by atoms with van der Waals surface area (Å²) in [6.45, 7) is 7.20. The van der Waals surface area contributed by atoms with E-state index in [0.29, 0.717) is 38.8 Å². The average Bonchev–Trinajstić information content (AvgIpc) is 3.17. The molecule has 1 aromatic heterocycles. The number of anilines is 1. The van der Waals surface area contributed by atoms with Crippen LogP contribution in [-0.2, 0) is 0 Å². The Balaban J connectivity index is 2.03. The van der Waals surface area contributed by atoms with E-state index in [-0.39, 0.29) is 5.91 Å². The molecule has 1 heterocycles. The number of fused-ring (bicyclic) bond motifs is 1. The molecule has 3 aromatic rings. The SMILES string of the molecule is CCN(CC)CCN(C(=O)c1cc(Cl)cc(Cl)c1)c1nc2cc(OC)c(OC)cc2s1. The molecule has 0 spiro atoms. The highest BCUT2D eigenvalue weighted by Crippen LogP contribution is 2.37. The van der Waals surface area contributed by atoms with Crippen LogP contribution in [0.25, 0.3) is 10.2 Å². The van der Waals surface area contributed by atoms with Crippen LogP contribution < -0.4 is 14.4 Å². The molecule has 0 saturated carbocycles. The van der Waals surface area contributed by atoms with E-state index in [1.54, 1.807) is 37.3 Å². The Morgan fingerprint density at radius 1 is 0.968 bits per heavy atom. The maximum Gasteiger partial charge on any atom is 0.260 e. The smallest absolute Gasteiger partial charge is 0.260 e. The fraction of sp³-hybridized carbons (Fsp3) is 0.364. The van der Waals surface area contributed by atoms with Crippen molar-refractivity contribution in [3.05, 3.63) is 45.9 Å². The number of thiazole rings is 1. The largest absolute Gasteiger partial charge is 0.493 e. The van der Waals surface area contributed by atoms with Gasteiger partial charge < -0.3 is 14.4 Å². The third-order valence-corrected chi connectivity index (χ3v) is 6.48. The van der Waals surface area contributed by atoms with Gasteiger partial charge in [0.1, 0.15) is 0 Å². The van der Waals surface area contributed by atoms with E-state index in [1.807, 2.05) is 12.1 Å². The maximum atomic E-state index is 13.5. The summed E-state index contributed by atoms with van der Waals surface area (Å²) in [5, 5.41) is 1.43. The van der Waals surface area contributed by atoms with E-state index in [1.165, 1.54) is 11.3 Å². The second kappa shape index (κ2) is 10.5. The van der Waals surface area contributed by atoms with Gasteiger partial charge in [-0.25, -0.2) is 4.98 Å². The van der Waals surface area contributed by atoms with Crippen LogP contribution in [-0.4, -0.2) is 56.2 Å². The second-order valence-corrected chi connectivity index (χ2v) is 8.70. The van der Waals surface area contributed by atoms with Crippen LogP contribution in [0.3, 0.4) is 0 Å². The summed E-state index contributed by atoms with van der Waals surface area (Å²) in [4.78, 5) is 22.1. The van der Waals surface area contributed by atoms with Crippen molar-refractivity contribution in [2.45, 2.75) is 13.8 Å². The van der Waals surface area contributed by atoms with Crippen molar-refractivity contribution in [1.82, 2.24) is 9.88 Å². The molecule has 0 bridgehead atoms. The number of nitrogens with zero attached hydrogens (tertiary/aromatic N) is 3. The molecule has 0 aliphatic carbocycles. The van der Waals surface area contributed by atoms with Gasteiger partial charge in [0.25, 0.3) is 5.91 Å². The van der Waals surface area contributed by atoms with Crippen LogP contribution in [0.15, 0.2) is 30.3 Å².